The molecule has 4 aromatic carbocycles. The average Bonchev–Trinajstić information content (AvgIpc) is 3.49. The van der Waals surface area contributed by atoms with Gasteiger partial charge >= 0.3 is 23.9 Å². The van der Waals surface area contributed by atoms with Crippen molar-refractivity contribution in [1.29, 1.82) is 0 Å². The summed E-state index contributed by atoms with van der Waals surface area (Å²) in [5.41, 5.74) is 5.88. The van der Waals surface area contributed by atoms with Crippen LogP contribution in [0.4, 0.5) is 11.4 Å². The third-order valence-corrected chi connectivity index (χ3v) is 13.8. The number of carbonyl (C=O) groups is 6. The molecular weight excluding hydrogens is 933 g/mol. The summed E-state index contributed by atoms with van der Waals surface area (Å²) in [4.78, 5) is 86.0. The summed E-state index contributed by atoms with van der Waals surface area (Å²) < 4.78 is 26.9. The maximum atomic E-state index is 13.9. The van der Waals surface area contributed by atoms with Gasteiger partial charge in [-0.15, -0.1) is 23.5 Å². The van der Waals surface area contributed by atoms with Crippen LogP contribution in [-0.2, 0) is 42.9 Å². The Labute approximate surface area is 420 Å². The highest BCUT2D eigenvalue weighted by molar-refractivity contribution is 8.00. The highest BCUT2D eigenvalue weighted by atomic mass is 32.2. The van der Waals surface area contributed by atoms with Crippen LogP contribution in [0.3, 0.4) is 0 Å². The quantitative estimate of drug-likeness (QED) is 0.0569. The normalized spacial score (nSPS) is 17.7. The number of hydrogen-bond donors (Lipinski definition) is 0. The Kier molecular flexibility index (Phi) is 20.5. The number of rotatable bonds is 17. The third-order valence-electron chi connectivity index (χ3n) is 11.1. The molecule has 0 unspecified atom stereocenters. The lowest BCUT2D eigenvalue weighted by Gasteiger charge is -2.28. The van der Waals surface area contributed by atoms with Gasteiger partial charge in [0.2, 0.25) is 0 Å². The van der Waals surface area contributed by atoms with Crippen molar-refractivity contribution < 1.29 is 52.5 Å². The van der Waals surface area contributed by atoms with Crippen molar-refractivity contribution in [3.8, 4) is 0 Å². The summed E-state index contributed by atoms with van der Waals surface area (Å²) in [6, 6.07) is 26.2. The van der Waals surface area contributed by atoms with Crippen molar-refractivity contribution in [2.45, 2.75) is 74.0 Å². The first-order valence-electron chi connectivity index (χ1n) is 23.1. The summed E-state index contributed by atoms with van der Waals surface area (Å²) in [5, 5.41) is -0.886. The number of likely N-dealkylation sites (N-methyl/N-ethyl adjacent to an activating group) is 2. The molecule has 0 aromatic heterocycles. The van der Waals surface area contributed by atoms with Crippen LogP contribution in [0.25, 0.3) is 0 Å². The molecule has 2 aliphatic rings. The Bertz CT molecular complexity index is 2460. The predicted octanol–water partition coefficient (Wildman–Crippen LogP) is 7.95. The maximum Gasteiger partial charge on any atom is 0.338 e. The highest BCUT2D eigenvalue weighted by Crippen LogP contribution is 2.49. The Morgan fingerprint density at radius 3 is 1.36 bits per heavy atom. The minimum atomic E-state index is -1.02. The van der Waals surface area contributed by atoms with Crippen LogP contribution in [0.2, 0.25) is 0 Å². The van der Waals surface area contributed by atoms with E-state index in [2.05, 4.69) is 0 Å². The zero-order chi connectivity index (χ0) is 51.2. The molecule has 0 radical (unpaired) electrons. The minimum absolute atomic E-state index is 0.133. The maximum absolute atomic E-state index is 13.9. The Balaban J connectivity index is 0.000000261. The zero-order valence-electron chi connectivity index (χ0n) is 42.0. The number of thioether (sulfide) groups is 2. The molecule has 0 fully saturated rings. The van der Waals surface area contributed by atoms with Gasteiger partial charge in [-0.3, -0.25) is 19.2 Å². The molecule has 70 heavy (non-hydrogen) atoms. The van der Waals surface area contributed by atoms with E-state index in [0.717, 1.165) is 32.0 Å². The number of nitrogens with zero attached hydrogens (tertiary/aromatic N) is 4. The molecule has 2 aliphatic heterocycles. The summed E-state index contributed by atoms with van der Waals surface area (Å²) in [5.74, 6) is -2.39. The first kappa shape index (κ1) is 55.2. The van der Waals surface area contributed by atoms with Gasteiger partial charge < -0.3 is 43.3 Å². The van der Waals surface area contributed by atoms with Crippen LogP contribution in [0.5, 0.6) is 0 Å². The molecule has 2 heterocycles. The van der Waals surface area contributed by atoms with Crippen LogP contribution >= 0.6 is 23.5 Å². The van der Waals surface area contributed by atoms with E-state index in [-0.39, 0.29) is 24.3 Å². The van der Waals surface area contributed by atoms with E-state index < -0.39 is 46.6 Å². The second-order valence-electron chi connectivity index (χ2n) is 18.0. The third kappa shape index (κ3) is 15.1. The SMILES string of the molecule is CC(=O)O[C@H]1C(=O)N(CCN(C)C)c2cc(C(=O)OCC(C)C)ccc2S[C@H]1c1ccc(C)cc1.COCCOC(=O)c1ccc2c(c1)N(CCN(C)C)C(=O)[C@H](OC(C)=O)[C@H](c1ccc(C)cc1)S2. The zero-order valence-corrected chi connectivity index (χ0v) is 43.6. The van der Waals surface area contributed by atoms with Gasteiger partial charge in [0.1, 0.15) is 6.61 Å². The standard InChI is InChI=1S/C27H34N2O5S.C26H32N2O6S/c1-17(2)16-33-27(32)21-11-12-23-22(15-21)29(14-13-28(5)6)26(31)24(34-19(4)30)25(35-23)20-9-7-18(3)8-10-20;1-17-6-8-19(9-7-17)24-23(34-18(2)29)25(30)28(13-12-27(3)4)21-16-20(10-11-22(21)35-24)26(31)33-15-14-32-5/h7-12,15,17,24-25H,13-14,16H2,1-6H3;6-11,16,23-24H,12-15H2,1-5H3/t24-,25+;23-,24+/m11/s1. The largest absolute Gasteiger partial charge is 0.462 e. The second-order valence-corrected chi connectivity index (χ2v) is 20.4. The molecule has 0 saturated carbocycles. The average molecular weight is 999 g/mol. The predicted molar refractivity (Wildman–Crippen MR) is 273 cm³/mol. The highest BCUT2D eigenvalue weighted by Gasteiger charge is 2.43. The number of ether oxygens (including phenoxy) is 5. The van der Waals surface area contributed by atoms with Crippen LogP contribution in [0, 0.1) is 19.8 Å². The number of esters is 4. The molecule has 0 bridgehead atoms. The topological polar surface area (TPSA) is 162 Å². The van der Waals surface area contributed by atoms with Crippen LogP contribution in [0.1, 0.15) is 81.2 Å². The smallest absolute Gasteiger partial charge is 0.338 e. The Hall–Kier alpha value is -5.72. The number of hydrogen-bond acceptors (Lipinski definition) is 15. The number of carbonyl (C=O) groups excluding carboxylic acids is 6. The van der Waals surface area contributed by atoms with Crippen molar-refractivity contribution in [1.82, 2.24) is 9.80 Å². The van der Waals surface area contributed by atoms with E-state index in [4.69, 9.17) is 23.7 Å². The first-order chi connectivity index (χ1) is 33.3. The fourth-order valence-corrected chi connectivity index (χ4v) is 9.98. The number of aryl methyl sites for hydroxylation is 2. The van der Waals surface area contributed by atoms with Gasteiger partial charge in [0.25, 0.3) is 11.8 Å². The molecule has 15 nitrogen and oxygen atoms in total. The number of benzene rings is 4. The summed E-state index contributed by atoms with van der Waals surface area (Å²) >= 11 is 2.91. The lowest BCUT2D eigenvalue weighted by molar-refractivity contribution is -0.153. The molecule has 2 amide bonds. The Morgan fingerprint density at radius 2 is 1.00 bits per heavy atom. The van der Waals surface area contributed by atoms with Gasteiger partial charge in [0.15, 0.2) is 12.2 Å². The lowest BCUT2D eigenvalue weighted by Crippen LogP contribution is -2.45. The molecule has 4 atom stereocenters. The molecule has 0 N–H and O–H groups in total. The van der Waals surface area contributed by atoms with Gasteiger partial charge in [-0.1, -0.05) is 73.5 Å². The number of methoxy groups -OCH3 is 1. The van der Waals surface area contributed by atoms with E-state index in [0.29, 0.717) is 61.9 Å². The molecule has 0 aliphatic carbocycles. The lowest BCUT2D eigenvalue weighted by atomic mass is 10.0. The molecular formula is C53H66N4O11S2. The fraction of sp³-hybridized carbons (Fsp3) is 0.434. The molecule has 17 heteroatoms. The van der Waals surface area contributed by atoms with Crippen LogP contribution in [0.15, 0.2) is 94.7 Å². The summed E-state index contributed by atoms with van der Waals surface area (Å²) in [6.07, 6.45) is -2.03. The molecule has 0 saturated heterocycles. The van der Waals surface area contributed by atoms with Crippen molar-refractivity contribution in [2.75, 3.05) is 91.1 Å². The van der Waals surface area contributed by atoms with Crippen LogP contribution < -0.4 is 9.80 Å². The second kappa shape index (κ2) is 25.9. The van der Waals surface area contributed by atoms with Crippen molar-refractivity contribution in [3.05, 3.63) is 118 Å². The summed E-state index contributed by atoms with van der Waals surface area (Å²) in [7, 11) is 9.22. The van der Waals surface area contributed by atoms with Gasteiger partial charge in [0, 0.05) is 56.9 Å². The van der Waals surface area contributed by atoms with Gasteiger partial charge in [-0.2, -0.15) is 0 Å². The van der Waals surface area contributed by atoms with E-state index >= 15 is 0 Å². The monoisotopic (exact) mass is 998 g/mol. The number of anilines is 2. The fourth-order valence-electron chi connectivity index (χ4n) is 7.38. The van der Waals surface area contributed by atoms with Gasteiger partial charge in [-0.05, 0) is 95.5 Å². The molecule has 4 aromatic rings. The minimum Gasteiger partial charge on any atom is -0.462 e. The van der Waals surface area contributed by atoms with E-state index in [9.17, 15) is 28.8 Å². The first-order valence-corrected chi connectivity index (χ1v) is 24.9. The molecule has 6 rings (SSSR count). The van der Waals surface area contributed by atoms with Gasteiger partial charge in [0.05, 0.1) is 46.2 Å². The van der Waals surface area contributed by atoms with E-state index in [1.807, 2.05) is 126 Å². The summed E-state index contributed by atoms with van der Waals surface area (Å²) in [6.45, 7) is 13.2. The van der Waals surface area contributed by atoms with Gasteiger partial charge in [-0.25, -0.2) is 9.59 Å². The Morgan fingerprint density at radius 1 is 0.600 bits per heavy atom. The number of fused-ring (bicyclic) bond motifs is 2. The van der Waals surface area contributed by atoms with Crippen molar-refractivity contribution in [2.24, 2.45) is 5.92 Å². The molecule has 376 valence electrons. The molecule has 0 spiro atoms. The van der Waals surface area contributed by atoms with E-state index in [1.165, 1.54) is 44.5 Å². The van der Waals surface area contributed by atoms with Crippen LogP contribution in [-0.4, -0.2) is 139 Å². The van der Waals surface area contributed by atoms with Crippen molar-refractivity contribution in [3.63, 3.8) is 0 Å². The van der Waals surface area contributed by atoms with Crippen molar-refractivity contribution >= 4 is 70.6 Å². The number of amides is 2. The van der Waals surface area contributed by atoms with E-state index in [1.54, 1.807) is 34.1 Å².